The topological polar surface area (TPSA) is 37.3 Å². The van der Waals surface area contributed by atoms with Gasteiger partial charge in [0.1, 0.15) is 0 Å². The average molecular weight is 228 g/mol. The zero-order valence-electron chi connectivity index (χ0n) is 10.1. The van der Waals surface area contributed by atoms with Crippen LogP contribution in [-0.4, -0.2) is 11.1 Å². The maximum Gasteiger partial charge on any atom is 0.310 e. The van der Waals surface area contributed by atoms with E-state index in [-0.39, 0.29) is 0 Å². The van der Waals surface area contributed by atoms with Gasteiger partial charge in [-0.2, -0.15) is 0 Å². The number of fused-ring (bicyclic) bond motifs is 1. The second kappa shape index (κ2) is 4.58. The van der Waals surface area contributed by atoms with Crippen molar-refractivity contribution in [2.45, 2.75) is 26.2 Å². The molecule has 0 bridgehead atoms. The van der Waals surface area contributed by atoms with E-state index < -0.39 is 11.9 Å². The molecule has 88 valence electrons. The summed E-state index contributed by atoms with van der Waals surface area (Å²) in [5.74, 6) is -1.24. The van der Waals surface area contributed by atoms with Gasteiger partial charge >= 0.3 is 5.97 Å². The lowest BCUT2D eigenvalue weighted by atomic mass is 9.97. The minimum atomic E-state index is -0.783. The Bertz CT molecular complexity index is 558. The van der Waals surface area contributed by atoms with Crippen LogP contribution in [0.4, 0.5) is 0 Å². The third-order valence-corrected chi connectivity index (χ3v) is 3.21. The number of aryl methyl sites for hydroxylation is 1. The predicted octanol–water partition coefficient (Wildman–Crippen LogP) is 3.59. The summed E-state index contributed by atoms with van der Waals surface area (Å²) in [4.78, 5) is 10.9. The zero-order chi connectivity index (χ0) is 12.4. The van der Waals surface area contributed by atoms with Crippen molar-refractivity contribution in [3.05, 3.63) is 47.5 Å². The zero-order valence-corrected chi connectivity index (χ0v) is 10.1. The smallest absolute Gasteiger partial charge is 0.310 e. The Morgan fingerprint density at radius 2 is 1.82 bits per heavy atom. The summed E-state index contributed by atoms with van der Waals surface area (Å²) in [6.07, 6.45) is 1.02. The second-order valence-electron chi connectivity index (χ2n) is 4.35. The molecule has 0 amide bonds. The van der Waals surface area contributed by atoms with Gasteiger partial charge in [0.15, 0.2) is 0 Å². The van der Waals surface area contributed by atoms with Gasteiger partial charge in [-0.05, 0) is 35.2 Å². The largest absolute Gasteiger partial charge is 0.481 e. The molecule has 0 aliphatic rings. The van der Waals surface area contributed by atoms with Crippen molar-refractivity contribution >= 4 is 16.7 Å². The van der Waals surface area contributed by atoms with Crippen LogP contribution in [-0.2, 0) is 11.2 Å². The number of hydrogen-bond donors (Lipinski definition) is 1. The van der Waals surface area contributed by atoms with Gasteiger partial charge in [0.25, 0.3) is 0 Å². The fraction of sp³-hybridized carbons (Fsp3) is 0.267. The molecule has 2 heteroatoms. The van der Waals surface area contributed by atoms with Crippen LogP contribution in [0.3, 0.4) is 0 Å². The van der Waals surface area contributed by atoms with Crippen molar-refractivity contribution < 1.29 is 9.90 Å². The number of benzene rings is 2. The van der Waals surface area contributed by atoms with Gasteiger partial charge in [-0.3, -0.25) is 4.79 Å². The first-order valence-electron chi connectivity index (χ1n) is 5.87. The lowest BCUT2D eigenvalue weighted by Gasteiger charge is -2.08. The van der Waals surface area contributed by atoms with Crippen molar-refractivity contribution in [2.24, 2.45) is 0 Å². The summed E-state index contributed by atoms with van der Waals surface area (Å²) in [6.45, 7) is 3.84. The van der Waals surface area contributed by atoms with Gasteiger partial charge in [0, 0.05) is 0 Å². The Kier molecular flexibility index (Phi) is 3.14. The molecule has 0 aliphatic heterocycles. The fourth-order valence-corrected chi connectivity index (χ4v) is 1.95. The Morgan fingerprint density at radius 1 is 1.18 bits per heavy atom. The summed E-state index contributed by atoms with van der Waals surface area (Å²) in [7, 11) is 0. The van der Waals surface area contributed by atoms with Crippen LogP contribution in [0.15, 0.2) is 36.4 Å². The van der Waals surface area contributed by atoms with E-state index in [1.54, 1.807) is 6.92 Å². The molecule has 2 aromatic rings. The molecule has 0 aliphatic carbocycles. The van der Waals surface area contributed by atoms with E-state index in [2.05, 4.69) is 25.1 Å². The molecule has 0 spiro atoms. The minimum Gasteiger partial charge on any atom is -0.481 e. The molecule has 0 aromatic heterocycles. The van der Waals surface area contributed by atoms with Gasteiger partial charge < -0.3 is 5.11 Å². The summed E-state index contributed by atoms with van der Waals surface area (Å²) >= 11 is 0. The molecular weight excluding hydrogens is 212 g/mol. The first-order valence-corrected chi connectivity index (χ1v) is 5.87. The monoisotopic (exact) mass is 228 g/mol. The van der Waals surface area contributed by atoms with Gasteiger partial charge in [0.2, 0.25) is 0 Å². The molecule has 0 saturated heterocycles. The molecule has 17 heavy (non-hydrogen) atoms. The number of carboxylic acid groups (broad SMARTS) is 1. The van der Waals surface area contributed by atoms with Gasteiger partial charge in [-0.15, -0.1) is 0 Å². The van der Waals surface area contributed by atoms with E-state index in [0.29, 0.717) is 0 Å². The van der Waals surface area contributed by atoms with Gasteiger partial charge in [-0.25, -0.2) is 0 Å². The van der Waals surface area contributed by atoms with Crippen LogP contribution < -0.4 is 0 Å². The molecule has 0 heterocycles. The molecular formula is C15H16O2. The Balaban J connectivity index is 2.48. The maximum absolute atomic E-state index is 10.9. The number of hydrogen-bond acceptors (Lipinski definition) is 1. The maximum atomic E-state index is 10.9. The van der Waals surface area contributed by atoms with E-state index in [1.807, 2.05) is 18.2 Å². The van der Waals surface area contributed by atoms with Crippen molar-refractivity contribution in [1.29, 1.82) is 0 Å². The first-order chi connectivity index (χ1) is 8.11. The summed E-state index contributed by atoms with van der Waals surface area (Å²) < 4.78 is 0. The van der Waals surface area contributed by atoms with E-state index in [9.17, 15) is 4.79 Å². The molecule has 2 nitrogen and oxygen atoms in total. The first kappa shape index (κ1) is 11.6. The lowest BCUT2D eigenvalue weighted by Crippen LogP contribution is -2.07. The number of aliphatic carboxylic acids is 1. The molecule has 0 fully saturated rings. The Morgan fingerprint density at radius 3 is 2.47 bits per heavy atom. The molecule has 2 aromatic carbocycles. The van der Waals surface area contributed by atoms with Crippen LogP contribution in [0.25, 0.3) is 10.8 Å². The highest BCUT2D eigenvalue weighted by molar-refractivity contribution is 5.85. The van der Waals surface area contributed by atoms with E-state index in [1.165, 1.54) is 10.9 Å². The highest BCUT2D eigenvalue weighted by Crippen LogP contribution is 2.23. The fourth-order valence-electron chi connectivity index (χ4n) is 1.95. The number of rotatable bonds is 3. The molecule has 1 atom stereocenters. The normalized spacial score (nSPS) is 12.6. The summed E-state index contributed by atoms with van der Waals surface area (Å²) in [5.41, 5.74) is 2.16. The standard InChI is InChI=1S/C15H16O2/c1-3-11-4-5-14-9-12(10(2)15(16)17)6-7-13(14)8-11/h4-10H,3H2,1-2H3,(H,16,17). The van der Waals surface area contributed by atoms with Crippen LogP contribution in [0, 0.1) is 0 Å². The van der Waals surface area contributed by atoms with Crippen molar-refractivity contribution in [3.8, 4) is 0 Å². The van der Waals surface area contributed by atoms with Gasteiger partial charge in [0.05, 0.1) is 5.92 Å². The molecule has 1 N–H and O–H groups in total. The number of carbonyl (C=O) groups is 1. The summed E-state index contributed by atoms with van der Waals surface area (Å²) in [6, 6.07) is 12.2. The van der Waals surface area contributed by atoms with Crippen molar-refractivity contribution in [1.82, 2.24) is 0 Å². The summed E-state index contributed by atoms with van der Waals surface area (Å²) in [5, 5.41) is 11.3. The molecule has 1 unspecified atom stereocenters. The molecule has 2 rings (SSSR count). The lowest BCUT2D eigenvalue weighted by molar-refractivity contribution is -0.138. The Labute approximate surface area is 101 Å². The van der Waals surface area contributed by atoms with Crippen LogP contribution in [0.1, 0.15) is 30.9 Å². The SMILES string of the molecule is CCc1ccc2cc(C(C)C(=O)O)ccc2c1. The highest BCUT2D eigenvalue weighted by Gasteiger charge is 2.13. The van der Waals surface area contributed by atoms with E-state index in [4.69, 9.17) is 5.11 Å². The van der Waals surface area contributed by atoms with E-state index >= 15 is 0 Å². The van der Waals surface area contributed by atoms with Crippen molar-refractivity contribution in [3.63, 3.8) is 0 Å². The second-order valence-corrected chi connectivity index (χ2v) is 4.35. The molecule has 0 saturated carbocycles. The number of carboxylic acids is 1. The average Bonchev–Trinajstić information content (AvgIpc) is 2.36. The molecule has 0 radical (unpaired) electrons. The van der Waals surface area contributed by atoms with Gasteiger partial charge in [-0.1, -0.05) is 43.3 Å². The van der Waals surface area contributed by atoms with Crippen molar-refractivity contribution in [2.75, 3.05) is 0 Å². The quantitative estimate of drug-likeness (QED) is 0.871. The highest BCUT2D eigenvalue weighted by atomic mass is 16.4. The predicted molar refractivity (Wildman–Crippen MR) is 69.4 cm³/mol. The van der Waals surface area contributed by atoms with Crippen LogP contribution >= 0.6 is 0 Å². The third-order valence-electron chi connectivity index (χ3n) is 3.21. The van der Waals surface area contributed by atoms with E-state index in [0.717, 1.165) is 17.4 Å². The van der Waals surface area contributed by atoms with Crippen LogP contribution in [0.2, 0.25) is 0 Å². The minimum absolute atomic E-state index is 0.453. The Hall–Kier alpha value is -1.83. The van der Waals surface area contributed by atoms with Crippen LogP contribution in [0.5, 0.6) is 0 Å². The third kappa shape index (κ3) is 2.31.